The van der Waals surface area contributed by atoms with Crippen molar-refractivity contribution in [2.45, 2.75) is 18.9 Å². The third-order valence-corrected chi connectivity index (χ3v) is 3.06. The summed E-state index contributed by atoms with van der Waals surface area (Å²) in [4.78, 5) is 12.8. The molecule has 1 saturated carbocycles. The minimum atomic E-state index is 0.483. The third kappa shape index (κ3) is 2.01. The molecule has 1 aliphatic carbocycles. The summed E-state index contributed by atoms with van der Waals surface area (Å²) in [6, 6.07) is 6.71. The molecule has 19 heavy (non-hydrogen) atoms. The van der Waals surface area contributed by atoms with Crippen LogP contribution in [0.25, 0.3) is 22.4 Å². The molecule has 1 N–H and O–H groups in total. The Hall–Kier alpha value is -2.50. The van der Waals surface area contributed by atoms with E-state index in [0.717, 1.165) is 16.6 Å². The molecule has 0 aliphatic heterocycles. The van der Waals surface area contributed by atoms with Gasteiger partial charge < -0.3 is 9.84 Å². The van der Waals surface area contributed by atoms with Gasteiger partial charge in [-0.3, -0.25) is 9.97 Å². The summed E-state index contributed by atoms with van der Waals surface area (Å²) in [7, 11) is 0. The zero-order chi connectivity index (χ0) is 12.7. The van der Waals surface area contributed by atoms with Crippen molar-refractivity contribution < 1.29 is 4.52 Å². The molecule has 6 heteroatoms. The van der Waals surface area contributed by atoms with Gasteiger partial charge in [-0.25, -0.2) is 0 Å². The van der Waals surface area contributed by atoms with Gasteiger partial charge in [0.15, 0.2) is 0 Å². The van der Waals surface area contributed by atoms with Gasteiger partial charge in [0.2, 0.25) is 5.82 Å². The second-order valence-electron chi connectivity index (χ2n) is 4.60. The first-order valence-electron chi connectivity index (χ1n) is 6.20. The monoisotopic (exact) mass is 253 g/mol. The molecule has 1 fully saturated rings. The number of hydrogen-bond acceptors (Lipinski definition) is 6. The Balaban J connectivity index is 1.70. The summed E-state index contributed by atoms with van der Waals surface area (Å²) in [5, 5.41) is 7.15. The number of fused-ring (bicyclic) bond motifs is 1. The number of hydrogen-bond donors (Lipinski definition) is 1. The smallest absolute Gasteiger partial charge is 0.322 e. The number of rotatable bonds is 3. The van der Waals surface area contributed by atoms with Gasteiger partial charge in [-0.2, -0.15) is 4.98 Å². The summed E-state index contributed by atoms with van der Waals surface area (Å²) in [6.07, 6.45) is 5.68. The molecule has 3 aromatic rings. The second kappa shape index (κ2) is 4.01. The van der Waals surface area contributed by atoms with Gasteiger partial charge in [0.05, 0.1) is 11.0 Å². The molecule has 2 heterocycles. The van der Waals surface area contributed by atoms with Crippen LogP contribution >= 0.6 is 0 Å². The van der Waals surface area contributed by atoms with Crippen LogP contribution in [0.5, 0.6) is 0 Å². The molecule has 0 unspecified atom stereocenters. The number of anilines is 1. The number of benzene rings is 1. The quantitative estimate of drug-likeness (QED) is 0.771. The van der Waals surface area contributed by atoms with E-state index in [2.05, 4.69) is 25.4 Å². The molecule has 0 atom stereocenters. The average molecular weight is 253 g/mol. The van der Waals surface area contributed by atoms with Crippen molar-refractivity contribution in [3.63, 3.8) is 0 Å². The summed E-state index contributed by atoms with van der Waals surface area (Å²) in [6.45, 7) is 0. The predicted molar refractivity (Wildman–Crippen MR) is 69.5 cm³/mol. The van der Waals surface area contributed by atoms with Gasteiger partial charge in [0, 0.05) is 24.0 Å². The lowest BCUT2D eigenvalue weighted by Gasteiger charge is -1.97. The van der Waals surface area contributed by atoms with Crippen molar-refractivity contribution in [2.24, 2.45) is 0 Å². The lowest BCUT2D eigenvalue weighted by Crippen LogP contribution is -2.00. The molecule has 1 aromatic carbocycles. The Kier molecular flexibility index (Phi) is 2.20. The molecule has 0 amide bonds. The number of nitrogens with zero attached hydrogens (tertiary/aromatic N) is 4. The summed E-state index contributed by atoms with van der Waals surface area (Å²) in [5.74, 6) is 0.565. The highest BCUT2D eigenvalue weighted by Gasteiger charge is 2.23. The molecule has 6 nitrogen and oxygen atoms in total. The Bertz CT molecular complexity index is 734. The molecular formula is C13H11N5O. The van der Waals surface area contributed by atoms with Crippen LogP contribution in [0, 0.1) is 0 Å². The van der Waals surface area contributed by atoms with E-state index in [1.54, 1.807) is 12.4 Å². The fraction of sp³-hybridized carbons (Fsp3) is 0.231. The lowest BCUT2D eigenvalue weighted by molar-refractivity contribution is 0.432. The predicted octanol–water partition coefficient (Wildman–Crippen LogP) is 2.25. The minimum absolute atomic E-state index is 0.483. The Labute approximate surface area is 108 Å². The van der Waals surface area contributed by atoms with Crippen molar-refractivity contribution >= 4 is 17.0 Å². The van der Waals surface area contributed by atoms with E-state index in [1.165, 1.54) is 12.8 Å². The highest BCUT2D eigenvalue weighted by atomic mass is 16.5. The van der Waals surface area contributed by atoms with Gasteiger partial charge in [-0.1, -0.05) is 5.16 Å². The fourth-order valence-electron chi connectivity index (χ4n) is 1.90. The molecule has 2 aromatic heterocycles. The van der Waals surface area contributed by atoms with Crippen LogP contribution in [0.15, 0.2) is 35.1 Å². The van der Waals surface area contributed by atoms with E-state index in [1.807, 2.05) is 18.2 Å². The Morgan fingerprint density at radius 2 is 1.95 bits per heavy atom. The first kappa shape index (κ1) is 10.4. The highest BCUT2D eigenvalue weighted by Crippen LogP contribution is 2.26. The van der Waals surface area contributed by atoms with Gasteiger partial charge in [-0.15, -0.1) is 0 Å². The molecule has 4 rings (SSSR count). The van der Waals surface area contributed by atoms with Crippen LogP contribution in [-0.2, 0) is 0 Å². The van der Waals surface area contributed by atoms with Gasteiger partial charge in [0.1, 0.15) is 0 Å². The number of nitrogens with one attached hydrogen (secondary N) is 1. The second-order valence-corrected chi connectivity index (χ2v) is 4.60. The van der Waals surface area contributed by atoms with Crippen LogP contribution < -0.4 is 5.32 Å². The maximum absolute atomic E-state index is 5.17. The standard InChI is InChI=1S/C13H11N5O/c1-4-10-11(15-6-5-14-10)7-8(1)12-17-13(19-18-12)16-9-2-3-9/h1,4-7,9H,2-3H2,(H,16,17,18). The van der Waals surface area contributed by atoms with Crippen LogP contribution in [0.3, 0.4) is 0 Å². The zero-order valence-corrected chi connectivity index (χ0v) is 10.1. The van der Waals surface area contributed by atoms with Gasteiger partial charge >= 0.3 is 6.01 Å². The van der Waals surface area contributed by atoms with E-state index in [4.69, 9.17) is 4.52 Å². The van der Waals surface area contributed by atoms with Crippen molar-refractivity contribution in [3.8, 4) is 11.4 Å². The lowest BCUT2D eigenvalue weighted by atomic mass is 10.2. The van der Waals surface area contributed by atoms with Crippen molar-refractivity contribution in [2.75, 3.05) is 5.32 Å². The van der Waals surface area contributed by atoms with Crippen LogP contribution in [0.4, 0.5) is 6.01 Å². The van der Waals surface area contributed by atoms with E-state index < -0.39 is 0 Å². The summed E-state index contributed by atoms with van der Waals surface area (Å²) in [5.41, 5.74) is 2.55. The molecule has 0 radical (unpaired) electrons. The first-order valence-corrected chi connectivity index (χ1v) is 6.20. The molecular weight excluding hydrogens is 242 g/mol. The van der Waals surface area contributed by atoms with E-state index >= 15 is 0 Å². The summed E-state index contributed by atoms with van der Waals surface area (Å²) < 4.78 is 5.17. The fourth-order valence-corrected chi connectivity index (χ4v) is 1.90. The van der Waals surface area contributed by atoms with Crippen molar-refractivity contribution in [1.82, 2.24) is 20.1 Å². The van der Waals surface area contributed by atoms with Crippen LogP contribution in [0.1, 0.15) is 12.8 Å². The normalized spacial score (nSPS) is 14.7. The van der Waals surface area contributed by atoms with Crippen LogP contribution in [0.2, 0.25) is 0 Å². The van der Waals surface area contributed by atoms with Gasteiger partial charge in [0.25, 0.3) is 0 Å². The molecule has 0 bridgehead atoms. The first-order chi connectivity index (χ1) is 9.38. The Morgan fingerprint density at radius 1 is 1.11 bits per heavy atom. The van der Waals surface area contributed by atoms with E-state index in [0.29, 0.717) is 17.9 Å². The van der Waals surface area contributed by atoms with Gasteiger partial charge in [-0.05, 0) is 31.0 Å². The maximum Gasteiger partial charge on any atom is 0.322 e. The van der Waals surface area contributed by atoms with Crippen molar-refractivity contribution in [1.29, 1.82) is 0 Å². The number of aromatic nitrogens is 4. The largest absolute Gasteiger partial charge is 0.335 e. The SMILES string of the molecule is c1cnc2cc(-c3noc(NC4CC4)n3)ccc2n1. The average Bonchev–Trinajstić information content (AvgIpc) is 3.14. The Morgan fingerprint density at radius 3 is 2.79 bits per heavy atom. The van der Waals surface area contributed by atoms with Crippen molar-refractivity contribution in [3.05, 3.63) is 30.6 Å². The van der Waals surface area contributed by atoms with Crippen LogP contribution in [-0.4, -0.2) is 26.2 Å². The minimum Gasteiger partial charge on any atom is -0.335 e. The molecule has 0 saturated heterocycles. The van der Waals surface area contributed by atoms with E-state index in [-0.39, 0.29) is 0 Å². The summed E-state index contributed by atoms with van der Waals surface area (Å²) >= 11 is 0. The molecule has 0 spiro atoms. The zero-order valence-electron chi connectivity index (χ0n) is 10.1. The van der Waals surface area contributed by atoms with E-state index in [9.17, 15) is 0 Å². The highest BCUT2D eigenvalue weighted by molar-refractivity contribution is 5.79. The molecule has 1 aliphatic rings. The maximum atomic E-state index is 5.17. The molecule has 94 valence electrons. The third-order valence-electron chi connectivity index (χ3n) is 3.06. The topological polar surface area (TPSA) is 76.7 Å².